The first-order valence-corrected chi connectivity index (χ1v) is 13.6. The molecule has 1 N–H and O–H groups in total. The molecule has 6 rings (SSSR count). The number of tetrazole rings is 1. The van der Waals surface area contributed by atoms with Crippen molar-refractivity contribution < 1.29 is 4.92 Å². The van der Waals surface area contributed by atoms with Crippen LogP contribution in [0.3, 0.4) is 0 Å². The van der Waals surface area contributed by atoms with Gasteiger partial charge in [0, 0.05) is 55.1 Å². The number of anilines is 1. The van der Waals surface area contributed by atoms with Crippen LogP contribution < -0.4 is 10.5 Å². The van der Waals surface area contributed by atoms with Crippen molar-refractivity contribution in [2.45, 2.75) is 51.1 Å². The van der Waals surface area contributed by atoms with Crippen LogP contribution in [-0.4, -0.2) is 61.2 Å². The van der Waals surface area contributed by atoms with E-state index in [1.807, 2.05) is 29.8 Å². The van der Waals surface area contributed by atoms with Crippen LogP contribution in [0.4, 0.5) is 11.4 Å². The highest BCUT2D eigenvalue weighted by Gasteiger charge is 2.34. The molecule has 2 aromatic carbocycles. The number of nitrogens with one attached hydrogen (secondary N) is 1. The molecule has 11 heteroatoms. The third-order valence-corrected chi connectivity index (χ3v) is 8.11. The van der Waals surface area contributed by atoms with Crippen molar-refractivity contribution in [3.8, 4) is 0 Å². The normalized spacial score (nSPS) is 17.9. The summed E-state index contributed by atoms with van der Waals surface area (Å²) in [5.74, 6) is 0.711. The standard InChI is InChI=1S/C28H32N8O3/c1-19-7-12-25-20(17-19)18-24(28(37)29-25)26(27-30-31-32-35(27)22-5-3-2-4-6-22)34-15-13-33(14-16-34)21-8-10-23(11-9-21)36(38)39/h7-12,17-18,22,26H,2-6,13-16H2,1H3,(H,29,37)/t26-/m0/s1. The van der Waals surface area contributed by atoms with Gasteiger partial charge in [0.15, 0.2) is 5.82 Å². The second-order valence-electron chi connectivity index (χ2n) is 10.6. The van der Waals surface area contributed by atoms with Gasteiger partial charge in [-0.05, 0) is 65.9 Å². The number of pyridine rings is 1. The molecule has 1 atom stereocenters. The number of aromatic amines is 1. The van der Waals surface area contributed by atoms with Crippen molar-refractivity contribution in [3.05, 3.63) is 86.0 Å². The number of piperazine rings is 1. The van der Waals surface area contributed by atoms with Crippen molar-refractivity contribution in [2.75, 3.05) is 31.1 Å². The Kier molecular flexibility index (Phi) is 6.82. The molecule has 1 aliphatic heterocycles. The van der Waals surface area contributed by atoms with E-state index in [2.05, 4.69) is 36.4 Å². The molecule has 1 aliphatic carbocycles. The largest absolute Gasteiger partial charge is 0.369 e. The van der Waals surface area contributed by atoms with Gasteiger partial charge in [-0.3, -0.25) is 19.8 Å². The first-order chi connectivity index (χ1) is 19.0. The van der Waals surface area contributed by atoms with Gasteiger partial charge in [-0.15, -0.1) is 5.10 Å². The molecule has 39 heavy (non-hydrogen) atoms. The zero-order valence-corrected chi connectivity index (χ0v) is 22.0. The van der Waals surface area contributed by atoms with E-state index in [1.165, 1.54) is 6.42 Å². The molecule has 0 spiro atoms. The molecule has 11 nitrogen and oxygen atoms in total. The van der Waals surface area contributed by atoms with Crippen LogP contribution in [0.1, 0.15) is 61.1 Å². The third kappa shape index (κ3) is 5.01. The summed E-state index contributed by atoms with van der Waals surface area (Å²) in [6.07, 6.45) is 5.60. The van der Waals surface area contributed by atoms with E-state index < -0.39 is 6.04 Å². The number of aryl methyl sites for hydroxylation is 1. The number of nitrogens with zero attached hydrogens (tertiary/aromatic N) is 7. The molecule has 4 aromatic rings. The van der Waals surface area contributed by atoms with E-state index in [0.29, 0.717) is 37.6 Å². The quantitative estimate of drug-likeness (QED) is 0.292. The van der Waals surface area contributed by atoms with Crippen molar-refractivity contribution in [1.29, 1.82) is 0 Å². The van der Waals surface area contributed by atoms with Crippen LogP contribution in [0.2, 0.25) is 0 Å². The predicted molar refractivity (Wildman–Crippen MR) is 148 cm³/mol. The molecule has 0 unspecified atom stereocenters. The minimum absolute atomic E-state index is 0.0813. The number of nitro benzene ring substituents is 1. The highest BCUT2D eigenvalue weighted by Crippen LogP contribution is 2.34. The molecule has 1 saturated carbocycles. The minimum Gasteiger partial charge on any atom is -0.369 e. The summed E-state index contributed by atoms with van der Waals surface area (Å²) < 4.78 is 1.96. The Balaban J connectivity index is 1.35. The lowest BCUT2D eigenvalue weighted by atomic mass is 9.95. The van der Waals surface area contributed by atoms with Crippen LogP contribution in [0.5, 0.6) is 0 Å². The van der Waals surface area contributed by atoms with E-state index in [0.717, 1.165) is 47.8 Å². The van der Waals surface area contributed by atoms with Gasteiger partial charge in [0.1, 0.15) is 6.04 Å². The molecule has 202 valence electrons. The number of H-pyrrole nitrogens is 1. The van der Waals surface area contributed by atoms with E-state index in [1.54, 1.807) is 24.3 Å². The maximum Gasteiger partial charge on any atom is 0.269 e. The Morgan fingerprint density at radius 1 is 1.00 bits per heavy atom. The molecule has 0 amide bonds. The molecule has 2 fully saturated rings. The van der Waals surface area contributed by atoms with Crippen molar-refractivity contribution >= 4 is 22.3 Å². The monoisotopic (exact) mass is 528 g/mol. The summed E-state index contributed by atoms with van der Waals surface area (Å²) in [4.78, 5) is 31.8. The van der Waals surface area contributed by atoms with Gasteiger partial charge in [-0.25, -0.2) is 4.68 Å². The maximum atomic E-state index is 13.5. The fourth-order valence-corrected chi connectivity index (χ4v) is 6.03. The van der Waals surface area contributed by atoms with Gasteiger partial charge in [0.05, 0.1) is 11.0 Å². The summed E-state index contributed by atoms with van der Waals surface area (Å²) in [6.45, 7) is 4.84. The smallest absolute Gasteiger partial charge is 0.269 e. The Morgan fingerprint density at radius 3 is 2.46 bits per heavy atom. The van der Waals surface area contributed by atoms with Gasteiger partial charge < -0.3 is 9.88 Å². The van der Waals surface area contributed by atoms with Crippen LogP contribution in [0.15, 0.2) is 53.3 Å². The average molecular weight is 529 g/mol. The SMILES string of the molecule is Cc1ccc2[nH]c(=O)c([C@@H](c3nnnn3C3CCCCC3)N3CCN(c4ccc([N+](=O)[O-])cc4)CC3)cc2c1. The lowest BCUT2D eigenvalue weighted by molar-refractivity contribution is -0.384. The summed E-state index contributed by atoms with van der Waals surface area (Å²) in [5, 5.41) is 25.1. The number of rotatable bonds is 6. The molecular formula is C28H32N8O3. The lowest BCUT2D eigenvalue weighted by Crippen LogP contribution is -2.49. The van der Waals surface area contributed by atoms with E-state index in [-0.39, 0.29) is 22.2 Å². The molecule has 2 aliphatic rings. The van der Waals surface area contributed by atoms with Gasteiger partial charge in [-0.1, -0.05) is 30.9 Å². The topological polar surface area (TPSA) is 126 Å². The number of aromatic nitrogens is 5. The second kappa shape index (κ2) is 10.6. The van der Waals surface area contributed by atoms with E-state index >= 15 is 0 Å². The zero-order valence-electron chi connectivity index (χ0n) is 22.0. The number of non-ortho nitro benzene ring substituents is 1. The van der Waals surface area contributed by atoms with Crippen LogP contribution in [0, 0.1) is 17.0 Å². The van der Waals surface area contributed by atoms with Crippen LogP contribution in [-0.2, 0) is 0 Å². The maximum absolute atomic E-state index is 13.5. The van der Waals surface area contributed by atoms with Gasteiger partial charge >= 0.3 is 0 Å². The molecule has 3 heterocycles. The highest BCUT2D eigenvalue weighted by atomic mass is 16.6. The fraction of sp³-hybridized carbons (Fsp3) is 0.429. The Hall–Kier alpha value is -4.12. The number of benzene rings is 2. The summed E-state index contributed by atoms with van der Waals surface area (Å²) in [7, 11) is 0. The number of nitro groups is 1. The van der Waals surface area contributed by atoms with Crippen molar-refractivity contribution in [3.63, 3.8) is 0 Å². The molecule has 1 saturated heterocycles. The van der Waals surface area contributed by atoms with E-state index in [9.17, 15) is 14.9 Å². The number of fused-ring (bicyclic) bond motifs is 1. The molecule has 2 aromatic heterocycles. The third-order valence-electron chi connectivity index (χ3n) is 8.11. The van der Waals surface area contributed by atoms with Gasteiger partial charge in [0.2, 0.25) is 0 Å². The van der Waals surface area contributed by atoms with E-state index in [4.69, 9.17) is 0 Å². The number of hydrogen-bond donors (Lipinski definition) is 1. The van der Waals surface area contributed by atoms with Gasteiger partial charge in [-0.2, -0.15) is 0 Å². The Labute approximate surface area is 225 Å². The Morgan fingerprint density at radius 2 is 1.74 bits per heavy atom. The lowest BCUT2D eigenvalue weighted by Gasteiger charge is -2.40. The van der Waals surface area contributed by atoms with Crippen molar-refractivity contribution in [1.82, 2.24) is 30.1 Å². The average Bonchev–Trinajstić information content (AvgIpc) is 3.44. The Bertz CT molecular complexity index is 1530. The molecule has 0 bridgehead atoms. The summed E-state index contributed by atoms with van der Waals surface area (Å²) in [6, 6.07) is 14.5. The number of hydrogen-bond acceptors (Lipinski definition) is 8. The summed E-state index contributed by atoms with van der Waals surface area (Å²) in [5.41, 5.74) is 3.47. The van der Waals surface area contributed by atoms with Crippen molar-refractivity contribution in [2.24, 2.45) is 0 Å². The van der Waals surface area contributed by atoms with Crippen LogP contribution in [0.25, 0.3) is 10.9 Å². The molecular weight excluding hydrogens is 496 g/mol. The first-order valence-electron chi connectivity index (χ1n) is 13.6. The second-order valence-corrected chi connectivity index (χ2v) is 10.6. The van der Waals surface area contributed by atoms with Crippen LogP contribution >= 0.6 is 0 Å². The predicted octanol–water partition coefficient (Wildman–Crippen LogP) is 4.15. The molecule has 0 radical (unpaired) electrons. The van der Waals surface area contributed by atoms with Gasteiger partial charge in [0.25, 0.3) is 11.2 Å². The summed E-state index contributed by atoms with van der Waals surface area (Å²) >= 11 is 0. The minimum atomic E-state index is -0.394. The zero-order chi connectivity index (χ0) is 26.9. The fourth-order valence-electron chi connectivity index (χ4n) is 6.03. The first kappa shape index (κ1) is 25.2. The highest BCUT2D eigenvalue weighted by molar-refractivity contribution is 5.79.